The van der Waals surface area contributed by atoms with E-state index in [1.807, 2.05) is 0 Å². The predicted octanol–water partition coefficient (Wildman–Crippen LogP) is 3.34. The van der Waals surface area contributed by atoms with Crippen molar-refractivity contribution in [1.29, 1.82) is 0 Å². The van der Waals surface area contributed by atoms with Gasteiger partial charge in [0.15, 0.2) is 0 Å². The maximum atomic E-state index is 12.3. The van der Waals surface area contributed by atoms with Gasteiger partial charge >= 0.3 is 0 Å². The van der Waals surface area contributed by atoms with Gasteiger partial charge in [0.2, 0.25) is 5.91 Å². The average molecular weight is 396 g/mol. The number of likely N-dealkylation sites (tertiary alicyclic amines) is 1. The molecule has 6 heteroatoms. The van der Waals surface area contributed by atoms with Gasteiger partial charge in [0.25, 0.3) is 0 Å². The monoisotopic (exact) mass is 395 g/mol. The fourth-order valence-corrected chi connectivity index (χ4v) is 4.53. The molecule has 2 saturated heterocycles. The van der Waals surface area contributed by atoms with Crippen LogP contribution in [-0.2, 0) is 4.79 Å². The number of rotatable bonds is 6. The fourth-order valence-electron chi connectivity index (χ4n) is 4.53. The van der Waals surface area contributed by atoms with Crippen LogP contribution >= 0.6 is 24.8 Å². The normalized spacial score (nSPS) is 29.7. The molecule has 2 heterocycles. The number of hydrogen-bond acceptors (Lipinski definition) is 3. The Morgan fingerprint density at radius 1 is 1.20 bits per heavy atom. The van der Waals surface area contributed by atoms with Crippen molar-refractivity contribution in [3.05, 3.63) is 0 Å². The first-order chi connectivity index (χ1) is 10.9. The van der Waals surface area contributed by atoms with Crippen LogP contribution in [0, 0.1) is 23.7 Å². The molecule has 0 aliphatic carbocycles. The number of piperidine rings is 2. The lowest BCUT2D eigenvalue weighted by molar-refractivity contribution is -0.123. The lowest BCUT2D eigenvalue weighted by Crippen LogP contribution is -2.47. The number of carbonyl (C=O) groups is 1. The van der Waals surface area contributed by atoms with Crippen molar-refractivity contribution in [2.24, 2.45) is 23.7 Å². The molecule has 0 aromatic carbocycles. The van der Waals surface area contributed by atoms with Crippen LogP contribution in [0.5, 0.6) is 0 Å². The Bertz CT molecular complexity index is 368. The van der Waals surface area contributed by atoms with Gasteiger partial charge in [0, 0.05) is 32.1 Å². The molecule has 0 saturated carbocycles. The largest absolute Gasteiger partial charge is 0.352 e. The third-order valence-electron chi connectivity index (χ3n) is 5.53. The Hall–Kier alpha value is -0.0300. The SMILES string of the molecule is CC1CC(C)CN(CC(C)NC(=O)CC(C)C2CCCNC2)C1.Cl.Cl. The van der Waals surface area contributed by atoms with Crippen LogP contribution in [0.15, 0.2) is 0 Å². The van der Waals surface area contributed by atoms with Crippen molar-refractivity contribution in [2.45, 2.75) is 59.4 Å². The Labute approximate surface area is 167 Å². The molecule has 0 aromatic rings. The summed E-state index contributed by atoms with van der Waals surface area (Å²) in [6.45, 7) is 14.6. The standard InChI is InChI=1S/C19H37N3O.2ClH/c1-14-8-15(2)12-22(11-14)13-17(4)21-19(23)9-16(3)18-6-5-7-20-10-18;;/h14-18,20H,5-13H2,1-4H3,(H,21,23);2*1H. The molecule has 2 aliphatic heterocycles. The van der Waals surface area contributed by atoms with Gasteiger partial charge in [-0.15, -0.1) is 24.8 Å². The average Bonchev–Trinajstić information content (AvgIpc) is 2.46. The highest BCUT2D eigenvalue weighted by Crippen LogP contribution is 2.23. The molecule has 5 atom stereocenters. The third kappa shape index (κ3) is 8.94. The summed E-state index contributed by atoms with van der Waals surface area (Å²) in [5.74, 6) is 2.92. The summed E-state index contributed by atoms with van der Waals surface area (Å²) in [6.07, 6.45) is 4.52. The van der Waals surface area contributed by atoms with Crippen LogP contribution < -0.4 is 10.6 Å². The molecule has 0 bridgehead atoms. The first-order valence-corrected chi connectivity index (χ1v) is 9.66. The minimum Gasteiger partial charge on any atom is -0.352 e. The molecule has 2 aliphatic rings. The molecule has 2 fully saturated rings. The lowest BCUT2D eigenvalue weighted by Gasteiger charge is -2.36. The van der Waals surface area contributed by atoms with Crippen molar-refractivity contribution in [3.8, 4) is 0 Å². The zero-order chi connectivity index (χ0) is 16.8. The molecular formula is C19H39Cl2N3O. The zero-order valence-electron chi connectivity index (χ0n) is 16.4. The predicted molar refractivity (Wildman–Crippen MR) is 111 cm³/mol. The zero-order valence-corrected chi connectivity index (χ0v) is 18.1. The Morgan fingerprint density at radius 2 is 1.84 bits per heavy atom. The number of amides is 1. The molecule has 150 valence electrons. The van der Waals surface area contributed by atoms with Crippen LogP contribution in [0.4, 0.5) is 0 Å². The minimum atomic E-state index is 0. The summed E-state index contributed by atoms with van der Waals surface area (Å²) in [5.41, 5.74) is 0. The first-order valence-electron chi connectivity index (χ1n) is 9.66. The molecule has 0 spiro atoms. The number of nitrogens with zero attached hydrogens (tertiary/aromatic N) is 1. The molecule has 4 nitrogen and oxygen atoms in total. The van der Waals surface area contributed by atoms with Crippen molar-refractivity contribution >= 4 is 30.7 Å². The van der Waals surface area contributed by atoms with Gasteiger partial charge in [-0.05, 0) is 62.9 Å². The number of nitrogens with one attached hydrogen (secondary N) is 2. The topological polar surface area (TPSA) is 44.4 Å². The number of hydrogen-bond donors (Lipinski definition) is 2. The van der Waals surface area contributed by atoms with Crippen molar-refractivity contribution in [2.75, 3.05) is 32.7 Å². The third-order valence-corrected chi connectivity index (χ3v) is 5.53. The van der Waals surface area contributed by atoms with E-state index in [2.05, 4.69) is 43.2 Å². The van der Waals surface area contributed by atoms with Crippen LogP contribution in [0.25, 0.3) is 0 Å². The quantitative estimate of drug-likeness (QED) is 0.724. The van der Waals surface area contributed by atoms with E-state index in [0.29, 0.717) is 18.3 Å². The highest BCUT2D eigenvalue weighted by molar-refractivity contribution is 5.85. The molecule has 25 heavy (non-hydrogen) atoms. The smallest absolute Gasteiger partial charge is 0.220 e. The number of carbonyl (C=O) groups excluding carboxylic acids is 1. The second-order valence-corrected chi connectivity index (χ2v) is 8.42. The summed E-state index contributed by atoms with van der Waals surface area (Å²) in [5, 5.41) is 6.68. The first kappa shape index (κ1) is 25.0. The van der Waals surface area contributed by atoms with E-state index in [9.17, 15) is 4.79 Å². The molecule has 2 N–H and O–H groups in total. The van der Waals surface area contributed by atoms with E-state index in [-0.39, 0.29) is 36.8 Å². The van der Waals surface area contributed by atoms with E-state index in [4.69, 9.17) is 0 Å². The maximum Gasteiger partial charge on any atom is 0.220 e. The number of halogens is 2. The van der Waals surface area contributed by atoms with Gasteiger partial charge in [-0.3, -0.25) is 4.79 Å². The maximum absolute atomic E-state index is 12.3. The van der Waals surface area contributed by atoms with E-state index >= 15 is 0 Å². The minimum absolute atomic E-state index is 0. The highest BCUT2D eigenvalue weighted by atomic mass is 35.5. The van der Waals surface area contributed by atoms with Crippen LogP contribution in [0.3, 0.4) is 0 Å². The van der Waals surface area contributed by atoms with Gasteiger partial charge in [0.1, 0.15) is 0 Å². The Balaban J connectivity index is 0.00000288. The van der Waals surface area contributed by atoms with Crippen molar-refractivity contribution in [1.82, 2.24) is 15.5 Å². The molecule has 2 rings (SSSR count). The summed E-state index contributed by atoms with van der Waals surface area (Å²) < 4.78 is 0. The van der Waals surface area contributed by atoms with E-state index in [1.165, 1.54) is 32.4 Å². The van der Waals surface area contributed by atoms with Crippen LogP contribution in [0.1, 0.15) is 53.4 Å². The second kappa shape index (κ2) is 12.4. The van der Waals surface area contributed by atoms with Gasteiger partial charge in [-0.25, -0.2) is 0 Å². The Morgan fingerprint density at radius 3 is 2.40 bits per heavy atom. The van der Waals surface area contributed by atoms with E-state index in [0.717, 1.165) is 31.5 Å². The summed E-state index contributed by atoms with van der Waals surface area (Å²) in [4.78, 5) is 14.9. The highest BCUT2D eigenvalue weighted by Gasteiger charge is 2.25. The molecule has 0 radical (unpaired) electrons. The lowest BCUT2D eigenvalue weighted by atomic mass is 9.85. The van der Waals surface area contributed by atoms with Crippen LogP contribution in [-0.4, -0.2) is 49.6 Å². The van der Waals surface area contributed by atoms with E-state index in [1.54, 1.807) is 0 Å². The molecule has 5 unspecified atom stereocenters. The van der Waals surface area contributed by atoms with Gasteiger partial charge < -0.3 is 15.5 Å². The van der Waals surface area contributed by atoms with Gasteiger partial charge in [-0.1, -0.05) is 20.8 Å². The summed E-state index contributed by atoms with van der Waals surface area (Å²) in [6, 6.07) is 0.247. The fraction of sp³-hybridized carbons (Fsp3) is 0.947. The van der Waals surface area contributed by atoms with Crippen LogP contribution in [0.2, 0.25) is 0 Å². The van der Waals surface area contributed by atoms with Gasteiger partial charge in [0.05, 0.1) is 0 Å². The van der Waals surface area contributed by atoms with Crippen molar-refractivity contribution in [3.63, 3.8) is 0 Å². The Kier molecular flexibility index (Phi) is 12.4. The molecule has 0 aromatic heterocycles. The summed E-state index contributed by atoms with van der Waals surface area (Å²) in [7, 11) is 0. The van der Waals surface area contributed by atoms with Crippen molar-refractivity contribution < 1.29 is 4.79 Å². The molecular weight excluding hydrogens is 357 g/mol. The van der Waals surface area contributed by atoms with E-state index < -0.39 is 0 Å². The van der Waals surface area contributed by atoms with Gasteiger partial charge in [-0.2, -0.15) is 0 Å². The second-order valence-electron chi connectivity index (χ2n) is 8.42. The summed E-state index contributed by atoms with van der Waals surface area (Å²) >= 11 is 0. The molecule has 1 amide bonds.